The lowest BCUT2D eigenvalue weighted by Crippen LogP contribution is -3.00. The van der Waals surface area contributed by atoms with Gasteiger partial charge in [-0.15, -0.1) is 6.58 Å². The van der Waals surface area contributed by atoms with Crippen LogP contribution in [0.3, 0.4) is 0 Å². The summed E-state index contributed by atoms with van der Waals surface area (Å²) in [4.78, 5) is 0. The maximum Gasteiger partial charge on any atom is 0.104 e. The molecule has 16 heavy (non-hydrogen) atoms. The number of hydrogen-bond acceptors (Lipinski definition) is 0. The van der Waals surface area contributed by atoms with Crippen LogP contribution < -0.4 is 12.4 Å². The highest BCUT2D eigenvalue weighted by atomic mass is 35.5. The van der Waals surface area contributed by atoms with E-state index in [9.17, 15) is 0 Å². The lowest BCUT2D eigenvalue weighted by Gasteiger charge is -2.36. The van der Waals surface area contributed by atoms with Gasteiger partial charge in [-0.25, -0.2) is 0 Å². The number of benzene rings is 1. The molecule has 1 atom stereocenters. The van der Waals surface area contributed by atoms with Crippen molar-refractivity contribution in [3.63, 3.8) is 0 Å². The smallest absolute Gasteiger partial charge is 0.104 e. The summed E-state index contributed by atoms with van der Waals surface area (Å²) in [5.41, 5.74) is 1.40. The first-order valence-electron chi connectivity index (χ1n) is 5.54. The highest BCUT2D eigenvalue weighted by Crippen LogP contribution is 2.16. The molecule has 0 spiro atoms. The van der Waals surface area contributed by atoms with E-state index in [0.717, 1.165) is 17.4 Å². The summed E-state index contributed by atoms with van der Waals surface area (Å²) in [5, 5.41) is 0. The second-order valence-electron chi connectivity index (χ2n) is 4.80. The third kappa shape index (κ3) is 4.38. The largest absolute Gasteiger partial charge is 1.00 e. The van der Waals surface area contributed by atoms with Crippen molar-refractivity contribution in [2.45, 2.75) is 25.9 Å². The molecule has 1 aromatic rings. The zero-order chi connectivity index (χ0) is 11.3. The molecule has 0 saturated carbocycles. The van der Waals surface area contributed by atoms with E-state index in [2.05, 4.69) is 57.9 Å². The lowest BCUT2D eigenvalue weighted by atomic mass is 10.1. The van der Waals surface area contributed by atoms with Crippen molar-refractivity contribution in [3.8, 4) is 0 Å². The molecule has 0 aliphatic rings. The minimum Gasteiger partial charge on any atom is -1.00 e. The Morgan fingerprint density at radius 2 is 1.81 bits per heavy atom. The Kier molecular flexibility index (Phi) is 6.39. The Bertz CT molecular complexity index is 306. The van der Waals surface area contributed by atoms with Crippen LogP contribution >= 0.6 is 0 Å². The molecule has 0 aromatic heterocycles. The Morgan fingerprint density at radius 3 is 2.31 bits per heavy atom. The van der Waals surface area contributed by atoms with Gasteiger partial charge in [-0.05, 0) is 6.92 Å². The van der Waals surface area contributed by atoms with E-state index in [1.54, 1.807) is 0 Å². The summed E-state index contributed by atoms with van der Waals surface area (Å²) in [6.45, 7) is 7.17. The van der Waals surface area contributed by atoms with Crippen molar-refractivity contribution < 1.29 is 16.9 Å². The van der Waals surface area contributed by atoms with Gasteiger partial charge >= 0.3 is 0 Å². The molecule has 1 nitrogen and oxygen atoms in total. The molecule has 0 aliphatic carbocycles. The van der Waals surface area contributed by atoms with Crippen LogP contribution in [0.15, 0.2) is 43.0 Å². The van der Waals surface area contributed by atoms with Gasteiger partial charge in [0, 0.05) is 12.0 Å². The molecule has 0 bridgehead atoms. The number of hydrogen-bond donors (Lipinski definition) is 0. The number of nitrogens with zero attached hydrogens (tertiary/aromatic N) is 1. The number of quaternary nitrogens is 1. The molecule has 0 saturated heterocycles. The topological polar surface area (TPSA) is 0 Å². The molecule has 1 aromatic carbocycles. The first kappa shape index (κ1) is 15.2. The fourth-order valence-corrected chi connectivity index (χ4v) is 1.74. The van der Waals surface area contributed by atoms with Crippen LogP contribution in [0.1, 0.15) is 18.9 Å². The maximum atomic E-state index is 3.81. The summed E-state index contributed by atoms with van der Waals surface area (Å²) in [5.74, 6) is 0. The molecule has 0 heterocycles. The van der Waals surface area contributed by atoms with Gasteiger partial charge < -0.3 is 16.9 Å². The van der Waals surface area contributed by atoms with E-state index in [0.29, 0.717) is 6.04 Å². The second-order valence-corrected chi connectivity index (χ2v) is 4.80. The maximum absolute atomic E-state index is 3.81. The predicted molar refractivity (Wildman–Crippen MR) is 66.5 cm³/mol. The van der Waals surface area contributed by atoms with Gasteiger partial charge in [0.2, 0.25) is 0 Å². The summed E-state index contributed by atoms with van der Waals surface area (Å²) >= 11 is 0. The van der Waals surface area contributed by atoms with Crippen LogP contribution in [0.4, 0.5) is 0 Å². The van der Waals surface area contributed by atoms with Crippen molar-refractivity contribution in [2.75, 3.05) is 14.1 Å². The summed E-state index contributed by atoms with van der Waals surface area (Å²) in [6.07, 6.45) is 3.08. The van der Waals surface area contributed by atoms with E-state index in [1.165, 1.54) is 5.56 Å². The minimum absolute atomic E-state index is 0. The van der Waals surface area contributed by atoms with E-state index < -0.39 is 0 Å². The fraction of sp³-hybridized carbons (Fsp3) is 0.429. The highest BCUT2D eigenvalue weighted by Gasteiger charge is 2.22. The third-order valence-corrected chi connectivity index (χ3v) is 3.13. The predicted octanol–water partition coefficient (Wildman–Crippen LogP) is 0.232. The van der Waals surface area contributed by atoms with Gasteiger partial charge in [0.1, 0.15) is 6.54 Å². The van der Waals surface area contributed by atoms with Crippen molar-refractivity contribution in [3.05, 3.63) is 48.6 Å². The Morgan fingerprint density at radius 1 is 1.25 bits per heavy atom. The first-order valence-corrected chi connectivity index (χ1v) is 5.54. The Balaban J connectivity index is 0.00000225. The number of rotatable bonds is 5. The number of halogens is 1. The Labute approximate surface area is 106 Å². The zero-order valence-electron chi connectivity index (χ0n) is 10.5. The van der Waals surface area contributed by atoms with Gasteiger partial charge in [0.05, 0.1) is 20.1 Å². The average Bonchev–Trinajstić information content (AvgIpc) is 2.19. The van der Waals surface area contributed by atoms with Crippen molar-refractivity contribution in [1.29, 1.82) is 0 Å². The van der Waals surface area contributed by atoms with Crippen LogP contribution in [-0.2, 0) is 6.54 Å². The Hall–Kier alpha value is -0.790. The van der Waals surface area contributed by atoms with Crippen molar-refractivity contribution in [1.82, 2.24) is 0 Å². The lowest BCUT2D eigenvalue weighted by molar-refractivity contribution is -0.925. The quantitative estimate of drug-likeness (QED) is 0.510. The summed E-state index contributed by atoms with van der Waals surface area (Å²) in [7, 11) is 4.56. The van der Waals surface area contributed by atoms with E-state index in [1.807, 2.05) is 6.08 Å². The first-order chi connectivity index (χ1) is 7.06. The van der Waals surface area contributed by atoms with Gasteiger partial charge in [-0.2, -0.15) is 0 Å². The van der Waals surface area contributed by atoms with Crippen LogP contribution in [0.5, 0.6) is 0 Å². The normalized spacial score (nSPS) is 12.7. The fourth-order valence-electron chi connectivity index (χ4n) is 1.74. The van der Waals surface area contributed by atoms with Crippen molar-refractivity contribution >= 4 is 0 Å². The van der Waals surface area contributed by atoms with Gasteiger partial charge in [-0.3, -0.25) is 0 Å². The molecule has 0 aliphatic heterocycles. The third-order valence-electron chi connectivity index (χ3n) is 3.13. The SMILES string of the molecule is C=CCC(C)[N+](C)(C)Cc1ccccc1.[Cl-]. The van der Waals surface area contributed by atoms with Crippen LogP contribution in [0, 0.1) is 0 Å². The summed E-state index contributed by atoms with van der Waals surface area (Å²) < 4.78 is 1.01. The molecule has 0 N–H and O–H groups in total. The highest BCUT2D eigenvalue weighted by molar-refractivity contribution is 5.13. The minimum atomic E-state index is 0. The monoisotopic (exact) mass is 239 g/mol. The van der Waals surface area contributed by atoms with Gasteiger partial charge in [0.15, 0.2) is 0 Å². The molecule has 0 amide bonds. The van der Waals surface area contributed by atoms with E-state index in [-0.39, 0.29) is 12.4 Å². The molecule has 1 rings (SSSR count). The average molecular weight is 240 g/mol. The van der Waals surface area contributed by atoms with Gasteiger partial charge in [-0.1, -0.05) is 36.4 Å². The van der Waals surface area contributed by atoms with Crippen LogP contribution in [0.25, 0.3) is 0 Å². The molecule has 1 unspecified atom stereocenters. The molecular formula is C14H22ClN. The molecule has 90 valence electrons. The second kappa shape index (κ2) is 6.72. The van der Waals surface area contributed by atoms with E-state index >= 15 is 0 Å². The summed E-state index contributed by atoms with van der Waals surface area (Å²) in [6, 6.07) is 11.3. The molecule has 0 radical (unpaired) electrons. The zero-order valence-corrected chi connectivity index (χ0v) is 11.2. The van der Waals surface area contributed by atoms with Crippen LogP contribution in [-0.4, -0.2) is 24.6 Å². The van der Waals surface area contributed by atoms with Gasteiger partial charge in [0.25, 0.3) is 0 Å². The standard InChI is InChI=1S/C14H22N.ClH/c1-5-9-13(2)15(3,4)12-14-10-7-6-8-11-14;/h5-8,10-11,13H,1,9,12H2,2-4H3;1H/q+1;/p-1. The molecule has 0 fully saturated rings. The van der Waals surface area contributed by atoms with Crippen LogP contribution in [0.2, 0.25) is 0 Å². The van der Waals surface area contributed by atoms with Crippen molar-refractivity contribution in [2.24, 2.45) is 0 Å². The molecular weight excluding hydrogens is 218 g/mol. The van der Waals surface area contributed by atoms with E-state index in [4.69, 9.17) is 0 Å². The molecule has 2 heteroatoms.